The van der Waals surface area contributed by atoms with Crippen LogP contribution in [-0.2, 0) is 4.74 Å². The SMILES string of the molecule is COC(=O)c1cc2ccccc2nc1-c1nc2c(OC)cccc2[nH]1. The number of para-hydroxylation sites is 2. The van der Waals surface area contributed by atoms with Crippen LogP contribution in [0.25, 0.3) is 33.5 Å². The minimum absolute atomic E-state index is 0.360. The molecule has 6 heteroatoms. The van der Waals surface area contributed by atoms with E-state index in [4.69, 9.17) is 9.47 Å². The summed E-state index contributed by atoms with van der Waals surface area (Å²) in [5.41, 5.74) is 3.08. The van der Waals surface area contributed by atoms with E-state index < -0.39 is 5.97 Å². The maximum Gasteiger partial charge on any atom is 0.340 e. The molecule has 0 unspecified atom stereocenters. The normalized spacial score (nSPS) is 11.0. The number of aromatic amines is 1. The second kappa shape index (κ2) is 5.90. The molecular formula is C19H15N3O3. The van der Waals surface area contributed by atoms with Crippen LogP contribution in [0.15, 0.2) is 48.5 Å². The second-order valence-corrected chi connectivity index (χ2v) is 5.51. The molecule has 2 aromatic heterocycles. The van der Waals surface area contributed by atoms with Crippen LogP contribution >= 0.6 is 0 Å². The van der Waals surface area contributed by atoms with Gasteiger partial charge in [0.2, 0.25) is 0 Å². The number of fused-ring (bicyclic) bond motifs is 2. The summed E-state index contributed by atoms with van der Waals surface area (Å²) in [6, 6.07) is 15.0. The van der Waals surface area contributed by atoms with Crippen molar-refractivity contribution in [2.75, 3.05) is 14.2 Å². The van der Waals surface area contributed by atoms with Gasteiger partial charge >= 0.3 is 5.97 Å². The number of pyridine rings is 1. The molecule has 0 radical (unpaired) electrons. The molecule has 0 amide bonds. The highest BCUT2D eigenvalue weighted by Crippen LogP contribution is 2.29. The smallest absolute Gasteiger partial charge is 0.340 e. The van der Waals surface area contributed by atoms with E-state index in [1.807, 2.05) is 42.5 Å². The van der Waals surface area contributed by atoms with E-state index in [0.717, 1.165) is 16.4 Å². The van der Waals surface area contributed by atoms with Gasteiger partial charge < -0.3 is 14.5 Å². The number of carbonyl (C=O) groups excluding carboxylic acids is 1. The molecule has 1 N–H and O–H groups in total. The van der Waals surface area contributed by atoms with Crippen LogP contribution in [0, 0.1) is 0 Å². The van der Waals surface area contributed by atoms with Gasteiger partial charge in [-0.2, -0.15) is 0 Å². The molecule has 25 heavy (non-hydrogen) atoms. The van der Waals surface area contributed by atoms with Crippen molar-refractivity contribution in [2.24, 2.45) is 0 Å². The molecule has 2 heterocycles. The average Bonchev–Trinajstić information content (AvgIpc) is 3.10. The standard InChI is InChI=1S/C19H15N3O3/c1-24-15-9-5-8-14-17(15)22-18(21-14)16-12(19(23)25-2)10-11-6-3-4-7-13(11)20-16/h3-10H,1-2H3,(H,21,22). The molecule has 2 aromatic carbocycles. The molecule has 0 atom stereocenters. The quantitative estimate of drug-likeness (QED) is 0.580. The fraction of sp³-hybridized carbons (Fsp3) is 0.105. The minimum Gasteiger partial charge on any atom is -0.494 e. The van der Waals surface area contributed by atoms with Crippen molar-refractivity contribution in [1.82, 2.24) is 15.0 Å². The van der Waals surface area contributed by atoms with E-state index in [0.29, 0.717) is 28.3 Å². The van der Waals surface area contributed by atoms with Gasteiger partial charge in [-0.15, -0.1) is 0 Å². The van der Waals surface area contributed by atoms with Gasteiger partial charge in [0.05, 0.1) is 30.8 Å². The Kier molecular flexibility index (Phi) is 3.57. The Labute approximate surface area is 143 Å². The molecule has 4 rings (SSSR count). The number of nitrogens with one attached hydrogen (secondary N) is 1. The van der Waals surface area contributed by atoms with Crippen molar-refractivity contribution in [3.05, 3.63) is 54.1 Å². The average molecular weight is 333 g/mol. The first-order chi connectivity index (χ1) is 12.2. The van der Waals surface area contributed by atoms with Crippen LogP contribution < -0.4 is 4.74 Å². The number of esters is 1. The molecule has 6 nitrogen and oxygen atoms in total. The van der Waals surface area contributed by atoms with Gasteiger partial charge in [0, 0.05) is 5.39 Å². The third kappa shape index (κ3) is 2.48. The summed E-state index contributed by atoms with van der Waals surface area (Å²) in [6.07, 6.45) is 0. The number of hydrogen-bond donors (Lipinski definition) is 1. The van der Waals surface area contributed by atoms with Gasteiger partial charge in [0.15, 0.2) is 5.82 Å². The highest BCUT2D eigenvalue weighted by Gasteiger charge is 2.20. The lowest BCUT2D eigenvalue weighted by molar-refractivity contribution is 0.0601. The first-order valence-corrected chi connectivity index (χ1v) is 7.72. The summed E-state index contributed by atoms with van der Waals surface area (Å²) in [7, 11) is 2.94. The summed E-state index contributed by atoms with van der Waals surface area (Å²) in [4.78, 5) is 24.7. The van der Waals surface area contributed by atoms with Gasteiger partial charge in [-0.3, -0.25) is 0 Å². The molecule has 0 bridgehead atoms. The lowest BCUT2D eigenvalue weighted by Crippen LogP contribution is -2.06. The van der Waals surface area contributed by atoms with Crippen molar-refractivity contribution in [1.29, 1.82) is 0 Å². The summed E-state index contributed by atoms with van der Waals surface area (Å²) in [5, 5.41) is 0.861. The number of imidazole rings is 1. The van der Waals surface area contributed by atoms with Crippen LogP contribution in [-0.4, -0.2) is 35.1 Å². The number of aromatic nitrogens is 3. The molecule has 0 saturated carbocycles. The van der Waals surface area contributed by atoms with E-state index in [-0.39, 0.29) is 0 Å². The number of hydrogen-bond acceptors (Lipinski definition) is 5. The summed E-state index contributed by atoms with van der Waals surface area (Å²) >= 11 is 0. The maximum atomic E-state index is 12.3. The third-order valence-electron chi connectivity index (χ3n) is 4.05. The zero-order valence-corrected chi connectivity index (χ0v) is 13.7. The zero-order valence-electron chi connectivity index (χ0n) is 13.7. The monoisotopic (exact) mass is 333 g/mol. The molecule has 0 aliphatic rings. The van der Waals surface area contributed by atoms with Crippen LogP contribution in [0.1, 0.15) is 10.4 Å². The van der Waals surface area contributed by atoms with E-state index >= 15 is 0 Å². The number of nitrogens with zero attached hydrogens (tertiary/aromatic N) is 2. The number of carbonyl (C=O) groups is 1. The first-order valence-electron chi connectivity index (χ1n) is 7.72. The highest BCUT2D eigenvalue weighted by molar-refractivity contribution is 6.00. The Hall–Kier alpha value is -3.41. The molecule has 124 valence electrons. The number of H-pyrrole nitrogens is 1. The van der Waals surface area contributed by atoms with E-state index in [9.17, 15) is 4.79 Å². The second-order valence-electron chi connectivity index (χ2n) is 5.51. The Morgan fingerprint density at radius 1 is 1.04 bits per heavy atom. The lowest BCUT2D eigenvalue weighted by atomic mass is 10.1. The van der Waals surface area contributed by atoms with E-state index in [1.165, 1.54) is 7.11 Å². The maximum absolute atomic E-state index is 12.3. The number of methoxy groups -OCH3 is 2. The summed E-state index contributed by atoms with van der Waals surface area (Å²) in [5.74, 6) is 0.687. The number of rotatable bonds is 3. The summed E-state index contributed by atoms with van der Waals surface area (Å²) in [6.45, 7) is 0. The van der Waals surface area contributed by atoms with Crippen molar-refractivity contribution in [3.63, 3.8) is 0 Å². The fourth-order valence-corrected chi connectivity index (χ4v) is 2.84. The Bertz CT molecular complexity index is 1100. The predicted molar refractivity (Wildman–Crippen MR) is 94.7 cm³/mol. The predicted octanol–water partition coefficient (Wildman–Crippen LogP) is 3.57. The van der Waals surface area contributed by atoms with Gasteiger partial charge in [-0.05, 0) is 24.3 Å². The largest absolute Gasteiger partial charge is 0.494 e. The van der Waals surface area contributed by atoms with Gasteiger partial charge in [0.25, 0.3) is 0 Å². The van der Waals surface area contributed by atoms with Crippen LogP contribution in [0.4, 0.5) is 0 Å². The number of benzene rings is 2. The Morgan fingerprint density at radius 2 is 1.88 bits per heavy atom. The number of ether oxygens (including phenoxy) is 2. The molecule has 0 spiro atoms. The third-order valence-corrected chi connectivity index (χ3v) is 4.05. The van der Waals surface area contributed by atoms with Crippen molar-refractivity contribution in [2.45, 2.75) is 0 Å². The van der Waals surface area contributed by atoms with Gasteiger partial charge in [-0.1, -0.05) is 24.3 Å². The van der Waals surface area contributed by atoms with Crippen LogP contribution in [0.2, 0.25) is 0 Å². The molecule has 0 aliphatic carbocycles. The zero-order chi connectivity index (χ0) is 17.4. The van der Waals surface area contributed by atoms with E-state index in [1.54, 1.807) is 13.2 Å². The first kappa shape index (κ1) is 15.1. The summed E-state index contributed by atoms with van der Waals surface area (Å²) < 4.78 is 10.3. The Morgan fingerprint density at radius 3 is 2.68 bits per heavy atom. The molecule has 0 fully saturated rings. The molecule has 4 aromatic rings. The molecular weight excluding hydrogens is 318 g/mol. The molecule has 0 saturated heterocycles. The van der Waals surface area contributed by atoms with Crippen molar-refractivity contribution < 1.29 is 14.3 Å². The van der Waals surface area contributed by atoms with Crippen LogP contribution in [0.5, 0.6) is 5.75 Å². The van der Waals surface area contributed by atoms with Crippen molar-refractivity contribution >= 4 is 27.9 Å². The topological polar surface area (TPSA) is 77.1 Å². The minimum atomic E-state index is -0.458. The lowest BCUT2D eigenvalue weighted by Gasteiger charge is -2.07. The van der Waals surface area contributed by atoms with Gasteiger partial charge in [0.1, 0.15) is 17.0 Å². The van der Waals surface area contributed by atoms with E-state index in [2.05, 4.69) is 15.0 Å². The molecule has 0 aliphatic heterocycles. The highest BCUT2D eigenvalue weighted by atomic mass is 16.5. The van der Waals surface area contributed by atoms with Crippen molar-refractivity contribution in [3.8, 4) is 17.3 Å². The van der Waals surface area contributed by atoms with Crippen LogP contribution in [0.3, 0.4) is 0 Å². The fourth-order valence-electron chi connectivity index (χ4n) is 2.84. The van der Waals surface area contributed by atoms with Gasteiger partial charge in [-0.25, -0.2) is 14.8 Å². The Balaban J connectivity index is 2.00.